The maximum absolute atomic E-state index is 13.1. The lowest BCUT2D eigenvalue weighted by atomic mass is 9.67. The predicted molar refractivity (Wildman–Crippen MR) is 88.9 cm³/mol. The first-order chi connectivity index (χ1) is 11.7. The van der Waals surface area contributed by atoms with Gasteiger partial charge in [0.1, 0.15) is 6.79 Å². The third-order valence-corrected chi connectivity index (χ3v) is 5.26. The van der Waals surface area contributed by atoms with E-state index in [1.807, 2.05) is 12.1 Å². The van der Waals surface area contributed by atoms with Crippen molar-refractivity contribution >= 4 is 11.6 Å². The van der Waals surface area contributed by atoms with Gasteiger partial charge in [0.15, 0.2) is 11.6 Å². The second kappa shape index (κ2) is 6.11. The van der Waals surface area contributed by atoms with Crippen LogP contribution in [0.1, 0.15) is 46.4 Å². The number of hydrogen-bond donors (Lipinski definition) is 0. The van der Waals surface area contributed by atoms with E-state index in [0.29, 0.717) is 28.7 Å². The van der Waals surface area contributed by atoms with Crippen molar-refractivity contribution in [2.45, 2.75) is 31.8 Å². The van der Waals surface area contributed by atoms with Gasteiger partial charge in [0.25, 0.3) is 0 Å². The predicted octanol–water partition coefficient (Wildman–Crippen LogP) is 3.48. The largest absolute Gasteiger partial charge is 0.359 e. The van der Waals surface area contributed by atoms with Crippen LogP contribution < -0.4 is 0 Å². The molecule has 0 unspecified atom stereocenters. The lowest BCUT2D eigenvalue weighted by molar-refractivity contribution is -0.0889. The summed E-state index contributed by atoms with van der Waals surface area (Å²) >= 11 is 0. The molecule has 4 rings (SSSR count). The minimum absolute atomic E-state index is 0.00781. The van der Waals surface area contributed by atoms with Gasteiger partial charge in [-0.2, -0.15) is 0 Å². The molecule has 4 nitrogen and oxygen atoms in total. The van der Waals surface area contributed by atoms with Crippen LogP contribution in [0.3, 0.4) is 0 Å². The summed E-state index contributed by atoms with van der Waals surface area (Å²) in [4.78, 5) is 26.0. The molecule has 0 amide bonds. The Balaban J connectivity index is 1.79. The molecule has 0 spiro atoms. The summed E-state index contributed by atoms with van der Waals surface area (Å²) in [5.74, 6) is -0.127. The highest BCUT2D eigenvalue weighted by Gasteiger charge is 2.43. The molecule has 2 atom stereocenters. The summed E-state index contributed by atoms with van der Waals surface area (Å²) in [6.45, 7) is 0.204. The second-order valence-corrected chi connectivity index (χ2v) is 6.56. The summed E-state index contributed by atoms with van der Waals surface area (Å²) < 4.78 is 10.9. The highest BCUT2D eigenvalue weighted by molar-refractivity contribution is 6.27. The average molecular weight is 324 g/mol. The first-order valence-electron chi connectivity index (χ1n) is 8.43. The molecule has 0 heterocycles. The van der Waals surface area contributed by atoms with E-state index in [9.17, 15) is 9.59 Å². The normalized spacial score (nSPS) is 25.8. The van der Waals surface area contributed by atoms with Crippen molar-refractivity contribution in [2.24, 2.45) is 5.92 Å². The second-order valence-electron chi connectivity index (χ2n) is 6.56. The molecule has 0 aromatic heterocycles. The summed E-state index contributed by atoms with van der Waals surface area (Å²) in [6.07, 6.45) is 5.47. The molecule has 1 aromatic rings. The van der Waals surface area contributed by atoms with Crippen molar-refractivity contribution in [2.75, 3.05) is 13.9 Å². The van der Waals surface area contributed by atoms with E-state index in [1.54, 1.807) is 19.2 Å². The standard InChI is InChI=1S/C20H20O4/c1-23-11-24-16-8-4-5-12-9-10-15-18(17(12)16)20(22)14-7-3-2-6-13(14)19(15)21/h2-3,6-7,9,16-17H,4-5,8,10-11H2,1H3/t16-,17-/m1/s1. The number of ketones is 2. The highest BCUT2D eigenvalue weighted by Crippen LogP contribution is 2.45. The molecule has 0 saturated heterocycles. The zero-order valence-electron chi connectivity index (χ0n) is 13.7. The molecule has 24 heavy (non-hydrogen) atoms. The van der Waals surface area contributed by atoms with Gasteiger partial charge in [-0.1, -0.05) is 35.9 Å². The lowest BCUT2D eigenvalue weighted by Crippen LogP contribution is -2.38. The van der Waals surface area contributed by atoms with Crippen molar-refractivity contribution in [3.63, 3.8) is 0 Å². The van der Waals surface area contributed by atoms with Gasteiger partial charge in [-0.3, -0.25) is 9.59 Å². The van der Waals surface area contributed by atoms with Gasteiger partial charge in [-0.05, 0) is 25.7 Å². The van der Waals surface area contributed by atoms with E-state index in [4.69, 9.17) is 9.47 Å². The number of carbonyl (C=O) groups excluding carboxylic acids is 2. The number of ether oxygens (including phenoxy) is 2. The fourth-order valence-electron chi connectivity index (χ4n) is 4.21. The average Bonchev–Trinajstić information content (AvgIpc) is 2.63. The first-order valence-corrected chi connectivity index (χ1v) is 8.43. The number of allylic oxidation sites excluding steroid dienone is 2. The highest BCUT2D eigenvalue weighted by atomic mass is 16.7. The van der Waals surface area contributed by atoms with Gasteiger partial charge in [0, 0.05) is 35.3 Å². The molecule has 3 aliphatic carbocycles. The molecule has 1 saturated carbocycles. The van der Waals surface area contributed by atoms with E-state index in [0.717, 1.165) is 19.3 Å². The van der Waals surface area contributed by atoms with Gasteiger partial charge in [-0.25, -0.2) is 0 Å². The molecule has 1 fully saturated rings. The monoisotopic (exact) mass is 324 g/mol. The first kappa shape index (κ1) is 15.5. The minimum Gasteiger partial charge on any atom is -0.359 e. The molecule has 0 N–H and O–H groups in total. The van der Waals surface area contributed by atoms with E-state index >= 15 is 0 Å². The van der Waals surface area contributed by atoms with Crippen LogP contribution in [0.5, 0.6) is 0 Å². The minimum atomic E-state index is -0.109. The third kappa shape index (κ3) is 2.29. The van der Waals surface area contributed by atoms with Crippen LogP contribution in [0, 0.1) is 5.92 Å². The van der Waals surface area contributed by atoms with E-state index in [-0.39, 0.29) is 30.4 Å². The summed E-state index contributed by atoms with van der Waals surface area (Å²) in [5.41, 5.74) is 3.61. The van der Waals surface area contributed by atoms with Crippen LogP contribution in [0.4, 0.5) is 0 Å². The molecule has 3 aliphatic rings. The third-order valence-electron chi connectivity index (χ3n) is 5.26. The van der Waals surface area contributed by atoms with Gasteiger partial charge < -0.3 is 9.47 Å². The number of benzene rings is 1. The van der Waals surface area contributed by atoms with Crippen LogP contribution in [-0.4, -0.2) is 31.6 Å². The van der Waals surface area contributed by atoms with E-state index in [2.05, 4.69) is 6.08 Å². The Morgan fingerprint density at radius 1 is 1.12 bits per heavy atom. The number of carbonyl (C=O) groups is 2. The number of methoxy groups -OCH3 is 1. The summed E-state index contributed by atoms with van der Waals surface area (Å²) in [7, 11) is 1.59. The molecule has 0 aliphatic heterocycles. The van der Waals surface area contributed by atoms with E-state index in [1.165, 1.54) is 5.57 Å². The van der Waals surface area contributed by atoms with Crippen molar-refractivity contribution in [1.29, 1.82) is 0 Å². The zero-order chi connectivity index (χ0) is 16.7. The van der Waals surface area contributed by atoms with Crippen LogP contribution >= 0.6 is 0 Å². The number of fused-ring (bicyclic) bond motifs is 3. The summed E-state index contributed by atoms with van der Waals surface area (Å²) in [5, 5.41) is 0. The zero-order valence-corrected chi connectivity index (χ0v) is 13.7. The van der Waals surface area contributed by atoms with Crippen LogP contribution in [0.15, 0.2) is 47.1 Å². The van der Waals surface area contributed by atoms with Crippen LogP contribution in [-0.2, 0) is 9.47 Å². The van der Waals surface area contributed by atoms with Crippen LogP contribution in [0.25, 0.3) is 0 Å². The van der Waals surface area contributed by atoms with Gasteiger partial charge in [0.2, 0.25) is 0 Å². The molecule has 124 valence electrons. The fraction of sp³-hybridized carbons (Fsp3) is 0.400. The van der Waals surface area contributed by atoms with Crippen molar-refractivity contribution in [3.8, 4) is 0 Å². The molecule has 4 heteroatoms. The fourth-order valence-corrected chi connectivity index (χ4v) is 4.21. The Kier molecular flexibility index (Phi) is 3.94. The summed E-state index contributed by atoms with van der Waals surface area (Å²) in [6, 6.07) is 7.13. The molecule has 1 aromatic carbocycles. The maximum Gasteiger partial charge on any atom is 0.190 e. The van der Waals surface area contributed by atoms with Gasteiger partial charge in [0.05, 0.1) is 6.10 Å². The maximum atomic E-state index is 13.1. The number of rotatable bonds is 3. The SMILES string of the molecule is COCO[C@@H]1CCCC2=CCC3=C(C(=O)c4ccccc4C3=O)[C@H]21. The Hall–Kier alpha value is -2.04. The molecule has 0 bridgehead atoms. The smallest absolute Gasteiger partial charge is 0.190 e. The molecule has 0 radical (unpaired) electrons. The Morgan fingerprint density at radius 3 is 2.62 bits per heavy atom. The quantitative estimate of drug-likeness (QED) is 0.631. The Morgan fingerprint density at radius 2 is 1.88 bits per heavy atom. The number of hydrogen-bond acceptors (Lipinski definition) is 4. The van der Waals surface area contributed by atoms with E-state index < -0.39 is 0 Å². The van der Waals surface area contributed by atoms with Gasteiger partial charge >= 0.3 is 0 Å². The van der Waals surface area contributed by atoms with Crippen molar-refractivity contribution in [1.82, 2.24) is 0 Å². The molecular formula is C20H20O4. The lowest BCUT2D eigenvalue weighted by Gasteiger charge is -2.39. The molecular weight excluding hydrogens is 304 g/mol. The Bertz CT molecular complexity index is 772. The van der Waals surface area contributed by atoms with Gasteiger partial charge in [-0.15, -0.1) is 0 Å². The topological polar surface area (TPSA) is 52.6 Å². The van der Waals surface area contributed by atoms with Crippen molar-refractivity contribution < 1.29 is 19.1 Å². The van der Waals surface area contributed by atoms with Crippen molar-refractivity contribution in [3.05, 3.63) is 58.2 Å². The Labute approximate surface area is 141 Å². The van der Waals surface area contributed by atoms with Crippen LogP contribution in [0.2, 0.25) is 0 Å². The number of Topliss-reactive ketones (excluding diaryl/α,β-unsaturated/α-hetero) is 2.